The minimum absolute atomic E-state index is 0.0792. The Balaban J connectivity index is 0.954. The van der Waals surface area contributed by atoms with Gasteiger partial charge in [-0.1, -0.05) is 43.2 Å². The molecule has 0 atom stereocenters. The van der Waals surface area contributed by atoms with Gasteiger partial charge in [-0.15, -0.1) is 0 Å². The summed E-state index contributed by atoms with van der Waals surface area (Å²) in [6.07, 6.45) is 4.59. The SMILES string of the molecule is Cc1cc(SNC(=O)c2ccc(N3CCN(CC4=C(c5ccc(Cl)cc5)CCC(C)(C)C4)CC3)cc2)ccc1NCCCN1CCOCC1. The number of allylic oxidation sites excluding steroid dienone is 1. The zero-order valence-corrected chi connectivity index (χ0v) is 31.0. The lowest BCUT2D eigenvalue weighted by atomic mass is 9.73. The summed E-state index contributed by atoms with van der Waals surface area (Å²) >= 11 is 7.57. The Morgan fingerprint density at radius 3 is 2.37 bits per heavy atom. The van der Waals surface area contributed by atoms with Crippen molar-refractivity contribution < 1.29 is 9.53 Å². The van der Waals surface area contributed by atoms with Crippen molar-refractivity contribution in [1.29, 1.82) is 0 Å². The summed E-state index contributed by atoms with van der Waals surface area (Å²) in [5.41, 5.74) is 8.92. The quantitative estimate of drug-likeness (QED) is 0.147. The molecule has 2 saturated heterocycles. The first-order valence-electron chi connectivity index (χ1n) is 17.9. The molecule has 0 aromatic heterocycles. The van der Waals surface area contributed by atoms with Gasteiger partial charge in [0.1, 0.15) is 0 Å². The number of nitrogens with one attached hydrogen (secondary N) is 2. The van der Waals surface area contributed by atoms with Crippen LogP contribution in [-0.4, -0.2) is 87.8 Å². The van der Waals surface area contributed by atoms with Crippen LogP contribution in [0.4, 0.5) is 11.4 Å². The van der Waals surface area contributed by atoms with E-state index in [1.807, 2.05) is 24.3 Å². The number of aryl methyl sites for hydroxylation is 1. The largest absolute Gasteiger partial charge is 0.385 e. The smallest absolute Gasteiger partial charge is 0.261 e. The van der Waals surface area contributed by atoms with Gasteiger partial charge in [0.25, 0.3) is 5.91 Å². The first-order valence-corrected chi connectivity index (χ1v) is 19.1. The van der Waals surface area contributed by atoms with Crippen LogP contribution in [0.1, 0.15) is 61.0 Å². The number of ether oxygens (including phenoxy) is 1. The van der Waals surface area contributed by atoms with Crippen molar-refractivity contribution in [3.8, 4) is 0 Å². The van der Waals surface area contributed by atoms with Crippen molar-refractivity contribution in [2.45, 2.75) is 51.3 Å². The number of nitrogens with zero attached hydrogens (tertiary/aromatic N) is 3. The highest BCUT2D eigenvalue weighted by Crippen LogP contribution is 2.43. The lowest BCUT2D eigenvalue weighted by molar-refractivity contribution is 0.0378. The van der Waals surface area contributed by atoms with E-state index in [-0.39, 0.29) is 5.91 Å². The molecule has 2 aliphatic heterocycles. The Kier molecular flexibility index (Phi) is 12.3. The van der Waals surface area contributed by atoms with Crippen molar-refractivity contribution in [2.75, 3.05) is 82.3 Å². The summed E-state index contributed by atoms with van der Waals surface area (Å²) in [6.45, 7) is 17.7. The Hall–Kier alpha value is -3.01. The van der Waals surface area contributed by atoms with Crippen molar-refractivity contribution in [3.05, 3.63) is 94.0 Å². The molecule has 1 aliphatic carbocycles. The van der Waals surface area contributed by atoms with Crippen LogP contribution in [0.2, 0.25) is 5.02 Å². The van der Waals surface area contributed by atoms with E-state index in [1.165, 1.54) is 40.8 Å². The minimum atomic E-state index is -0.0792. The molecule has 3 aromatic rings. The van der Waals surface area contributed by atoms with Crippen molar-refractivity contribution in [2.24, 2.45) is 5.41 Å². The predicted molar refractivity (Wildman–Crippen MR) is 206 cm³/mol. The van der Waals surface area contributed by atoms with E-state index < -0.39 is 0 Å². The molecule has 2 heterocycles. The van der Waals surface area contributed by atoms with Gasteiger partial charge in [0.05, 0.1) is 13.2 Å². The normalized spacial score (nSPS) is 18.8. The molecular formula is C40H52ClN5O2S. The van der Waals surface area contributed by atoms with Gasteiger partial charge < -0.3 is 15.0 Å². The predicted octanol–water partition coefficient (Wildman–Crippen LogP) is 8.01. The second-order valence-electron chi connectivity index (χ2n) is 14.5. The highest BCUT2D eigenvalue weighted by Gasteiger charge is 2.29. The lowest BCUT2D eigenvalue weighted by Gasteiger charge is -2.39. The molecule has 0 saturated carbocycles. The maximum absolute atomic E-state index is 13.0. The Bertz CT molecular complexity index is 1580. The molecule has 3 aliphatic rings. The molecular weight excluding hydrogens is 650 g/mol. The number of hydrogen-bond acceptors (Lipinski definition) is 7. The number of anilines is 2. The van der Waals surface area contributed by atoms with Crippen molar-refractivity contribution in [3.63, 3.8) is 0 Å². The average molecular weight is 702 g/mol. The van der Waals surface area contributed by atoms with E-state index in [2.05, 4.69) is 88.0 Å². The number of morpholine rings is 1. The highest BCUT2D eigenvalue weighted by atomic mass is 35.5. The van der Waals surface area contributed by atoms with Gasteiger partial charge in [0, 0.05) is 79.2 Å². The van der Waals surface area contributed by atoms with Gasteiger partial charge in [-0.25, -0.2) is 0 Å². The van der Waals surface area contributed by atoms with Crippen LogP contribution < -0.4 is 14.9 Å². The standard InChI is InChI=1S/C40H52ClN5O2S/c1-30-27-36(13-14-38(30)42-17-4-18-44-23-25-48-26-24-44)49-43-39(47)32-7-11-35(12-8-32)46-21-19-45(20-22-46)29-33-28-40(2,3)16-15-37(33)31-5-9-34(41)10-6-31/h5-14,27,42H,4,15-26,28-29H2,1-3H3,(H,43,47). The van der Waals surface area contributed by atoms with E-state index in [4.69, 9.17) is 16.3 Å². The summed E-state index contributed by atoms with van der Waals surface area (Å²) in [5.74, 6) is -0.0792. The molecule has 0 unspecified atom stereocenters. The Morgan fingerprint density at radius 2 is 1.65 bits per heavy atom. The van der Waals surface area contributed by atoms with Crippen LogP contribution in [0.5, 0.6) is 0 Å². The number of carbonyl (C=O) groups is 1. The summed E-state index contributed by atoms with van der Waals surface area (Å²) in [6, 6.07) is 22.8. The molecule has 2 fully saturated rings. The van der Waals surface area contributed by atoms with E-state index in [0.717, 1.165) is 107 Å². The summed E-state index contributed by atoms with van der Waals surface area (Å²) < 4.78 is 8.47. The van der Waals surface area contributed by atoms with Gasteiger partial charge in [0.2, 0.25) is 0 Å². The number of carbonyl (C=O) groups excluding carboxylic acids is 1. The van der Waals surface area contributed by atoms with Gasteiger partial charge in [-0.2, -0.15) is 0 Å². The fraction of sp³-hybridized carbons (Fsp3) is 0.475. The summed E-state index contributed by atoms with van der Waals surface area (Å²) in [5, 5.41) is 4.36. The fourth-order valence-corrected chi connectivity index (χ4v) is 8.06. The Labute approximate surface area is 302 Å². The molecule has 1 amide bonds. The van der Waals surface area contributed by atoms with E-state index in [9.17, 15) is 4.79 Å². The zero-order valence-electron chi connectivity index (χ0n) is 29.4. The summed E-state index contributed by atoms with van der Waals surface area (Å²) in [4.78, 5) is 21.5. The number of amides is 1. The lowest BCUT2D eigenvalue weighted by Crippen LogP contribution is -2.47. The minimum Gasteiger partial charge on any atom is -0.385 e. The molecule has 0 bridgehead atoms. The highest BCUT2D eigenvalue weighted by molar-refractivity contribution is 7.98. The van der Waals surface area contributed by atoms with Crippen LogP contribution in [0.3, 0.4) is 0 Å². The zero-order chi connectivity index (χ0) is 34.2. The van der Waals surface area contributed by atoms with Crippen LogP contribution in [0.25, 0.3) is 5.57 Å². The molecule has 3 aromatic carbocycles. The van der Waals surface area contributed by atoms with E-state index in [0.29, 0.717) is 11.0 Å². The third-order valence-electron chi connectivity index (χ3n) is 10.2. The number of benzene rings is 3. The van der Waals surface area contributed by atoms with Crippen LogP contribution in [-0.2, 0) is 4.74 Å². The molecule has 262 valence electrons. The molecule has 7 nitrogen and oxygen atoms in total. The molecule has 9 heteroatoms. The fourth-order valence-electron chi connectivity index (χ4n) is 7.23. The van der Waals surface area contributed by atoms with Gasteiger partial charge >= 0.3 is 0 Å². The van der Waals surface area contributed by atoms with E-state index in [1.54, 1.807) is 5.57 Å². The number of hydrogen-bond donors (Lipinski definition) is 2. The van der Waals surface area contributed by atoms with Crippen molar-refractivity contribution >= 4 is 46.4 Å². The van der Waals surface area contributed by atoms with Crippen molar-refractivity contribution in [1.82, 2.24) is 14.5 Å². The summed E-state index contributed by atoms with van der Waals surface area (Å²) in [7, 11) is 0. The number of halogens is 1. The third-order valence-corrected chi connectivity index (χ3v) is 11.2. The first-order chi connectivity index (χ1) is 23.7. The molecule has 0 spiro atoms. The van der Waals surface area contributed by atoms with Crippen LogP contribution in [0.15, 0.2) is 77.2 Å². The van der Waals surface area contributed by atoms with Gasteiger partial charge in [-0.05, 0) is 128 Å². The average Bonchev–Trinajstić information content (AvgIpc) is 3.11. The monoisotopic (exact) mass is 701 g/mol. The second-order valence-corrected chi connectivity index (χ2v) is 15.8. The maximum Gasteiger partial charge on any atom is 0.261 e. The topological polar surface area (TPSA) is 60.1 Å². The molecule has 0 radical (unpaired) electrons. The second kappa shape index (κ2) is 16.8. The molecule has 6 rings (SSSR count). The Morgan fingerprint density at radius 1 is 0.918 bits per heavy atom. The number of piperazine rings is 1. The molecule has 49 heavy (non-hydrogen) atoms. The van der Waals surface area contributed by atoms with Gasteiger partial charge in [-0.3, -0.25) is 19.3 Å². The van der Waals surface area contributed by atoms with E-state index >= 15 is 0 Å². The van der Waals surface area contributed by atoms with Crippen LogP contribution >= 0.6 is 23.5 Å². The molecule has 2 N–H and O–H groups in total. The first kappa shape index (κ1) is 35.8. The third kappa shape index (κ3) is 10.0. The van der Waals surface area contributed by atoms with Gasteiger partial charge in [0.15, 0.2) is 0 Å². The number of rotatable bonds is 12. The maximum atomic E-state index is 13.0. The van der Waals surface area contributed by atoms with Crippen LogP contribution in [0, 0.1) is 12.3 Å².